The minimum absolute atomic E-state index is 0.0298. The van der Waals surface area contributed by atoms with Gasteiger partial charge in [-0.25, -0.2) is 0 Å². The van der Waals surface area contributed by atoms with Crippen molar-refractivity contribution < 1.29 is 18.7 Å². The van der Waals surface area contributed by atoms with E-state index in [9.17, 15) is 9.59 Å². The third kappa shape index (κ3) is 5.47. The van der Waals surface area contributed by atoms with Gasteiger partial charge in [0, 0.05) is 25.2 Å². The van der Waals surface area contributed by atoms with Gasteiger partial charge in [-0.2, -0.15) is 0 Å². The zero-order valence-electron chi connectivity index (χ0n) is 20.0. The number of nitrogens with one attached hydrogen (secondary N) is 1. The topological polar surface area (TPSA) is 75.0 Å². The number of rotatable bonds is 8. The van der Waals surface area contributed by atoms with E-state index in [1.54, 1.807) is 0 Å². The summed E-state index contributed by atoms with van der Waals surface area (Å²) in [7, 11) is 0. The molecule has 7 nitrogen and oxygen atoms in total. The highest BCUT2D eigenvalue weighted by Gasteiger charge is 2.34. The summed E-state index contributed by atoms with van der Waals surface area (Å²) in [6.45, 7) is 6.87. The summed E-state index contributed by atoms with van der Waals surface area (Å²) in [6, 6.07) is 19.2. The van der Waals surface area contributed by atoms with Gasteiger partial charge in [-0.3, -0.25) is 14.5 Å². The van der Waals surface area contributed by atoms with Gasteiger partial charge >= 0.3 is 0 Å². The van der Waals surface area contributed by atoms with E-state index in [0.717, 1.165) is 61.1 Å². The molecule has 1 aromatic heterocycles. The van der Waals surface area contributed by atoms with Crippen molar-refractivity contribution in [2.45, 2.75) is 39.0 Å². The fourth-order valence-corrected chi connectivity index (χ4v) is 4.74. The van der Waals surface area contributed by atoms with E-state index in [2.05, 4.69) is 10.2 Å². The van der Waals surface area contributed by atoms with Crippen molar-refractivity contribution in [3.63, 3.8) is 0 Å². The molecule has 1 fully saturated rings. The highest BCUT2D eigenvalue weighted by atomic mass is 16.5. The molecule has 1 saturated heterocycles. The summed E-state index contributed by atoms with van der Waals surface area (Å²) in [5, 5.41) is 2.98. The maximum atomic E-state index is 13.2. The fraction of sp³-hybridized carbons (Fsp3) is 0.357. The SMILES string of the molecule is Cc1ccc(C(CC(=O)NCc2ccc(CN3CCOCC3)o2)N2Cc3ccccc3C2=O)cc1. The minimum atomic E-state index is -0.344. The van der Waals surface area contributed by atoms with Crippen LogP contribution in [0.1, 0.15) is 51.0 Å². The molecule has 2 amide bonds. The summed E-state index contributed by atoms with van der Waals surface area (Å²) in [4.78, 5) is 30.3. The van der Waals surface area contributed by atoms with Gasteiger partial charge in [0.1, 0.15) is 11.5 Å². The Morgan fingerprint density at radius 3 is 2.51 bits per heavy atom. The highest BCUT2D eigenvalue weighted by molar-refractivity contribution is 5.98. The number of furan rings is 1. The first-order chi connectivity index (χ1) is 17.1. The van der Waals surface area contributed by atoms with Crippen molar-refractivity contribution in [3.8, 4) is 0 Å². The highest BCUT2D eigenvalue weighted by Crippen LogP contribution is 2.33. The predicted octanol–water partition coefficient (Wildman–Crippen LogP) is 3.82. The molecule has 0 spiro atoms. The van der Waals surface area contributed by atoms with Gasteiger partial charge in [0.25, 0.3) is 5.91 Å². The summed E-state index contributed by atoms with van der Waals surface area (Å²) in [5.41, 5.74) is 3.81. The van der Waals surface area contributed by atoms with E-state index in [-0.39, 0.29) is 24.3 Å². The zero-order valence-corrected chi connectivity index (χ0v) is 20.0. The quantitative estimate of drug-likeness (QED) is 0.538. The number of ether oxygens (including phenoxy) is 1. The minimum Gasteiger partial charge on any atom is -0.463 e. The lowest BCUT2D eigenvalue weighted by atomic mass is 10.00. The van der Waals surface area contributed by atoms with E-state index in [1.165, 1.54) is 0 Å². The standard InChI is InChI=1S/C28H31N3O4/c1-20-6-8-21(9-7-20)26(31-18-22-4-2-3-5-25(22)28(31)33)16-27(32)29-17-23-10-11-24(35-23)19-30-12-14-34-15-13-30/h2-11,26H,12-19H2,1H3,(H,29,32). The van der Waals surface area contributed by atoms with Gasteiger partial charge in [0.2, 0.25) is 5.91 Å². The number of aryl methyl sites for hydroxylation is 1. The molecule has 5 rings (SSSR count). The molecule has 0 aliphatic carbocycles. The number of fused-ring (bicyclic) bond motifs is 1. The average Bonchev–Trinajstić information content (AvgIpc) is 3.46. The Morgan fingerprint density at radius 1 is 1.00 bits per heavy atom. The molecule has 0 radical (unpaired) electrons. The molecule has 35 heavy (non-hydrogen) atoms. The third-order valence-corrected chi connectivity index (χ3v) is 6.73. The van der Waals surface area contributed by atoms with E-state index >= 15 is 0 Å². The van der Waals surface area contributed by atoms with Crippen molar-refractivity contribution in [1.29, 1.82) is 0 Å². The Hall–Kier alpha value is -3.42. The second-order valence-corrected chi connectivity index (χ2v) is 9.25. The number of benzene rings is 2. The Bertz CT molecular complexity index is 1180. The summed E-state index contributed by atoms with van der Waals surface area (Å²) < 4.78 is 11.3. The number of morpholine rings is 1. The van der Waals surface area contributed by atoms with Crippen LogP contribution in [0.15, 0.2) is 65.1 Å². The van der Waals surface area contributed by atoms with Crippen molar-refractivity contribution in [1.82, 2.24) is 15.1 Å². The molecule has 1 atom stereocenters. The van der Waals surface area contributed by atoms with Crippen LogP contribution in [0.5, 0.6) is 0 Å². The molecule has 2 aliphatic heterocycles. The van der Waals surface area contributed by atoms with Crippen LogP contribution in [0.25, 0.3) is 0 Å². The fourth-order valence-electron chi connectivity index (χ4n) is 4.74. The Kier molecular flexibility index (Phi) is 6.97. The molecule has 3 heterocycles. The van der Waals surface area contributed by atoms with E-state index < -0.39 is 0 Å². The summed E-state index contributed by atoms with van der Waals surface area (Å²) >= 11 is 0. The van der Waals surface area contributed by atoms with E-state index in [4.69, 9.17) is 9.15 Å². The predicted molar refractivity (Wildman–Crippen MR) is 132 cm³/mol. The lowest BCUT2D eigenvalue weighted by molar-refractivity contribution is -0.122. The summed E-state index contributed by atoms with van der Waals surface area (Å²) in [5.74, 6) is 1.45. The number of hydrogen-bond donors (Lipinski definition) is 1. The van der Waals surface area contributed by atoms with Crippen molar-refractivity contribution in [2.24, 2.45) is 0 Å². The van der Waals surface area contributed by atoms with Gasteiger partial charge in [0.15, 0.2) is 0 Å². The lowest BCUT2D eigenvalue weighted by Gasteiger charge is -2.28. The molecule has 0 bridgehead atoms. The van der Waals surface area contributed by atoms with Crippen LogP contribution in [0.3, 0.4) is 0 Å². The Balaban J connectivity index is 1.24. The lowest BCUT2D eigenvalue weighted by Crippen LogP contribution is -2.35. The average molecular weight is 474 g/mol. The molecule has 1 unspecified atom stereocenters. The Labute approximate surface area is 205 Å². The monoisotopic (exact) mass is 473 g/mol. The second-order valence-electron chi connectivity index (χ2n) is 9.25. The van der Waals surface area contributed by atoms with Crippen molar-refractivity contribution in [3.05, 3.63) is 94.4 Å². The van der Waals surface area contributed by atoms with Crippen LogP contribution in [0, 0.1) is 6.92 Å². The van der Waals surface area contributed by atoms with Crippen LogP contribution >= 0.6 is 0 Å². The van der Waals surface area contributed by atoms with Gasteiger partial charge in [-0.15, -0.1) is 0 Å². The van der Waals surface area contributed by atoms with Crippen LogP contribution in [0.4, 0.5) is 0 Å². The molecule has 2 aromatic carbocycles. The normalized spacial score (nSPS) is 16.8. The number of amides is 2. The van der Waals surface area contributed by atoms with Gasteiger partial charge in [-0.1, -0.05) is 48.0 Å². The largest absolute Gasteiger partial charge is 0.463 e. The molecule has 3 aromatic rings. The number of carbonyl (C=O) groups is 2. The first kappa shape index (κ1) is 23.3. The number of carbonyl (C=O) groups excluding carboxylic acids is 2. The maximum absolute atomic E-state index is 13.2. The molecule has 2 aliphatic rings. The zero-order chi connectivity index (χ0) is 24.2. The van der Waals surface area contributed by atoms with Crippen LogP contribution in [-0.4, -0.2) is 47.9 Å². The molecular weight excluding hydrogens is 442 g/mol. The van der Waals surface area contributed by atoms with Crippen molar-refractivity contribution in [2.75, 3.05) is 26.3 Å². The Morgan fingerprint density at radius 2 is 1.74 bits per heavy atom. The van der Waals surface area contributed by atoms with Crippen LogP contribution in [-0.2, 0) is 29.2 Å². The third-order valence-electron chi connectivity index (χ3n) is 6.73. The molecule has 182 valence electrons. The second kappa shape index (κ2) is 10.5. The smallest absolute Gasteiger partial charge is 0.255 e. The van der Waals surface area contributed by atoms with Crippen molar-refractivity contribution >= 4 is 11.8 Å². The van der Waals surface area contributed by atoms with Gasteiger partial charge in [0.05, 0.1) is 38.8 Å². The number of hydrogen-bond acceptors (Lipinski definition) is 5. The number of nitrogens with zero attached hydrogens (tertiary/aromatic N) is 2. The molecule has 0 saturated carbocycles. The van der Waals surface area contributed by atoms with Crippen LogP contribution in [0.2, 0.25) is 0 Å². The molecular formula is C28H31N3O4. The molecule has 1 N–H and O–H groups in total. The summed E-state index contributed by atoms with van der Waals surface area (Å²) in [6.07, 6.45) is 0.185. The first-order valence-electron chi connectivity index (χ1n) is 12.2. The first-order valence-corrected chi connectivity index (χ1v) is 12.2. The van der Waals surface area contributed by atoms with Gasteiger partial charge < -0.3 is 19.4 Å². The van der Waals surface area contributed by atoms with E-state index in [1.807, 2.05) is 72.5 Å². The van der Waals surface area contributed by atoms with Gasteiger partial charge in [-0.05, 0) is 36.2 Å². The molecule has 7 heteroatoms. The van der Waals surface area contributed by atoms with E-state index in [0.29, 0.717) is 18.7 Å². The maximum Gasteiger partial charge on any atom is 0.255 e. The van der Waals surface area contributed by atoms with Crippen LogP contribution < -0.4 is 5.32 Å².